The van der Waals surface area contributed by atoms with Crippen molar-refractivity contribution in [3.05, 3.63) is 73.9 Å². The van der Waals surface area contributed by atoms with E-state index in [0.717, 1.165) is 64.3 Å². The maximum atomic E-state index is 13.6. The van der Waals surface area contributed by atoms with Gasteiger partial charge in [0.15, 0.2) is 5.11 Å². The number of thiocarbonyl (C=S) groups is 1. The van der Waals surface area contributed by atoms with Crippen molar-refractivity contribution in [1.29, 1.82) is 0 Å². The van der Waals surface area contributed by atoms with Crippen molar-refractivity contribution in [3.63, 3.8) is 0 Å². The van der Waals surface area contributed by atoms with Crippen LogP contribution in [-0.4, -0.2) is 34.6 Å². The zero-order chi connectivity index (χ0) is 27.3. The van der Waals surface area contributed by atoms with Gasteiger partial charge in [0.05, 0.1) is 18.4 Å². The second kappa shape index (κ2) is 9.96. The molecule has 0 bridgehead atoms. The van der Waals surface area contributed by atoms with Crippen molar-refractivity contribution < 1.29 is 19.1 Å². The van der Waals surface area contributed by atoms with Crippen molar-refractivity contribution in [2.45, 2.75) is 53.4 Å². The molecule has 1 fully saturated rings. The number of anilines is 1. The number of methoxy groups -OCH3 is 1. The molecule has 1 aliphatic heterocycles. The zero-order valence-corrected chi connectivity index (χ0v) is 23.7. The van der Waals surface area contributed by atoms with Gasteiger partial charge in [-0.05, 0) is 112 Å². The Morgan fingerprint density at radius 2 is 1.82 bits per heavy atom. The van der Waals surface area contributed by atoms with E-state index in [-0.39, 0.29) is 16.7 Å². The van der Waals surface area contributed by atoms with E-state index in [4.69, 9.17) is 17.0 Å². The number of nitrogens with zero attached hydrogens (tertiary/aromatic N) is 2. The third kappa shape index (κ3) is 4.29. The standard InChI is InChI=1S/C29H29N3O4S2/c1-15-10-11-20(12-16(15)2)32-26(34)22(25(33)30-29(32)37)14-19-13-17(3)31(18(19)4)27-24(28(35)36-5)21-8-6-7-9-23(21)38-27/h10-14H,6-9H2,1-5H3,(H,30,33,37)/b22-14+. The van der Waals surface area contributed by atoms with Crippen LogP contribution in [0.4, 0.5) is 5.69 Å². The van der Waals surface area contributed by atoms with Crippen LogP contribution in [0.2, 0.25) is 0 Å². The zero-order valence-electron chi connectivity index (χ0n) is 22.1. The molecule has 196 valence electrons. The molecule has 7 nitrogen and oxygen atoms in total. The smallest absolute Gasteiger partial charge is 0.341 e. The SMILES string of the molecule is COC(=O)c1c(-n2c(C)cc(/C=C3\C(=O)NC(=S)N(c4ccc(C)c(C)c4)C3=O)c2C)sc2c1CCCC2. The molecule has 1 aromatic carbocycles. The van der Waals surface area contributed by atoms with E-state index in [9.17, 15) is 14.4 Å². The molecule has 38 heavy (non-hydrogen) atoms. The van der Waals surface area contributed by atoms with Gasteiger partial charge < -0.3 is 9.30 Å². The molecule has 3 aromatic rings. The third-order valence-electron chi connectivity index (χ3n) is 7.37. The van der Waals surface area contributed by atoms with Crippen molar-refractivity contribution in [2.24, 2.45) is 0 Å². The highest BCUT2D eigenvalue weighted by Crippen LogP contribution is 2.39. The molecule has 1 N–H and O–H groups in total. The van der Waals surface area contributed by atoms with Crippen LogP contribution >= 0.6 is 23.6 Å². The lowest BCUT2D eigenvalue weighted by Crippen LogP contribution is -2.54. The van der Waals surface area contributed by atoms with E-state index in [0.29, 0.717) is 11.3 Å². The molecule has 2 aromatic heterocycles. The summed E-state index contributed by atoms with van der Waals surface area (Å²) in [6, 6.07) is 7.55. The Bertz CT molecular complexity index is 1560. The van der Waals surface area contributed by atoms with E-state index in [1.807, 2.05) is 56.5 Å². The van der Waals surface area contributed by atoms with E-state index < -0.39 is 11.8 Å². The summed E-state index contributed by atoms with van der Waals surface area (Å²) in [6.07, 6.45) is 5.56. The Morgan fingerprint density at radius 1 is 1.08 bits per heavy atom. The highest BCUT2D eigenvalue weighted by molar-refractivity contribution is 7.80. The normalized spacial score (nSPS) is 16.6. The molecule has 1 saturated heterocycles. The summed E-state index contributed by atoms with van der Waals surface area (Å²) in [6.45, 7) is 7.84. The van der Waals surface area contributed by atoms with Gasteiger partial charge in [-0.25, -0.2) is 4.79 Å². The number of amides is 2. The number of carbonyl (C=O) groups is 3. The number of ether oxygens (including phenoxy) is 1. The molecule has 0 radical (unpaired) electrons. The van der Waals surface area contributed by atoms with Gasteiger partial charge in [0.25, 0.3) is 11.8 Å². The number of carbonyl (C=O) groups excluding carboxylic acids is 3. The Morgan fingerprint density at radius 3 is 2.53 bits per heavy atom. The average Bonchev–Trinajstić information content (AvgIpc) is 3.39. The first kappa shape index (κ1) is 26.1. The van der Waals surface area contributed by atoms with E-state index >= 15 is 0 Å². The first-order valence-corrected chi connectivity index (χ1v) is 13.8. The van der Waals surface area contributed by atoms with E-state index in [2.05, 4.69) is 5.32 Å². The van der Waals surface area contributed by atoms with Gasteiger partial charge >= 0.3 is 5.97 Å². The number of nitrogens with one attached hydrogen (secondary N) is 1. The van der Waals surface area contributed by atoms with Gasteiger partial charge in [-0.3, -0.25) is 19.8 Å². The van der Waals surface area contributed by atoms with Crippen molar-refractivity contribution >= 4 is 58.2 Å². The van der Waals surface area contributed by atoms with Crippen LogP contribution in [0, 0.1) is 27.7 Å². The number of hydrogen-bond acceptors (Lipinski definition) is 6. The molecule has 2 aliphatic rings. The lowest BCUT2D eigenvalue weighted by Gasteiger charge is -2.29. The molecular weight excluding hydrogens is 518 g/mol. The fraction of sp³-hybridized carbons (Fsp3) is 0.310. The summed E-state index contributed by atoms with van der Waals surface area (Å²) < 4.78 is 7.19. The molecule has 2 amide bonds. The minimum Gasteiger partial charge on any atom is -0.465 e. The quantitative estimate of drug-likeness (QED) is 0.208. The first-order chi connectivity index (χ1) is 18.1. The summed E-state index contributed by atoms with van der Waals surface area (Å²) in [5.41, 5.74) is 6.84. The van der Waals surface area contributed by atoms with Gasteiger partial charge in [0.1, 0.15) is 10.6 Å². The van der Waals surface area contributed by atoms with Gasteiger partial charge in [0.2, 0.25) is 0 Å². The van der Waals surface area contributed by atoms with Crippen LogP contribution in [-0.2, 0) is 27.2 Å². The van der Waals surface area contributed by atoms with Crippen molar-refractivity contribution in [2.75, 3.05) is 12.0 Å². The number of rotatable bonds is 4. The number of hydrogen-bond donors (Lipinski definition) is 1. The predicted molar refractivity (Wildman–Crippen MR) is 153 cm³/mol. The topological polar surface area (TPSA) is 80.6 Å². The summed E-state index contributed by atoms with van der Waals surface area (Å²) in [4.78, 5) is 41.9. The Labute approximate surface area is 231 Å². The molecule has 0 atom stereocenters. The lowest BCUT2D eigenvalue weighted by molar-refractivity contribution is -0.122. The number of aryl methyl sites for hydroxylation is 4. The fourth-order valence-electron chi connectivity index (χ4n) is 5.18. The summed E-state index contributed by atoms with van der Waals surface area (Å²) in [5, 5.41) is 3.54. The number of aromatic nitrogens is 1. The van der Waals surface area contributed by atoms with Crippen LogP contribution < -0.4 is 10.2 Å². The average molecular weight is 548 g/mol. The van der Waals surface area contributed by atoms with Gasteiger partial charge in [-0.2, -0.15) is 0 Å². The monoisotopic (exact) mass is 547 g/mol. The highest BCUT2D eigenvalue weighted by atomic mass is 32.1. The largest absolute Gasteiger partial charge is 0.465 e. The lowest BCUT2D eigenvalue weighted by atomic mass is 9.95. The third-order valence-corrected chi connectivity index (χ3v) is 8.93. The molecule has 0 saturated carbocycles. The predicted octanol–water partition coefficient (Wildman–Crippen LogP) is 5.27. The molecule has 5 rings (SSSR count). The molecule has 3 heterocycles. The number of esters is 1. The van der Waals surface area contributed by atoms with Gasteiger partial charge in [-0.15, -0.1) is 11.3 Å². The van der Waals surface area contributed by atoms with Crippen LogP contribution in [0.5, 0.6) is 0 Å². The van der Waals surface area contributed by atoms with Gasteiger partial charge in [-0.1, -0.05) is 6.07 Å². The summed E-state index contributed by atoms with van der Waals surface area (Å²) in [5.74, 6) is -1.36. The second-order valence-corrected chi connectivity index (χ2v) is 11.2. The Balaban J connectivity index is 1.59. The number of benzene rings is 1. The minimum absolute atomic E-state index is 0.00394. The first-order valence-electron chi connectivity index (χ1n) is 12.5. The maximum Gasteiger partial charge on any atom is 0.341 e. The van der Waals surface area contributed by atoms with Crippen molar-refractivity contribution in [3.8, 4) is 5.00 Å². The molecule has 0 spiro atoms. The second-order valence-electron chi connectivity index (χ2n) is 9.77. The minimum atomic E-state index is -0.535. The molecule has 9 heteroatoms. The Kier molecular flexibility index (Phi) is 6.83. The van der Waals surface area contributed by atoms with Crippen molar-refractivity contribution in [1.82, 2.24) is 9.88 Å². The van der Waals surface area contributed by atoms with Crippen LogP contribution in [0.15, 0.2) is 29.8 Å². The maximum absolute atomic E-state index is 13.6. The molecule has 1 aliphatic carbocycles. The Hall–Kier alpha value is -3.56. The summed E-state index contributed by atoms with van der Waals surface area (Å²) in [7, 11) is 1.41. The van der Waals surface area contributed by atoms with Gasteiger partial charge in [0, 0.05) is 16.3 Å². The van der Waals surface area contributed by atoms with Crippen LogP contribution in [0.1, 0.15) is 61.7 Å². The van der Waals surface area contributed by atoms with Crippen LogP contribution in [0.25, 0.3) is 11.1 Å². The van der Waals surface area contributed by atoms with E-state index in [1.54, 1.807) is 17.4 Å². The molecule has 0 unspecified atom stereocenters. The highest BCUT2D eigenvalue weighted by Gasteiger charge is 2.35. The van der Waals surface area contributed by atoms with Crippen LogP contribution in [0.3, 0.4) is 0 Å². The van der Waals surface area contributed by atoms with E-state index in [1.165, 1.54) is 16.9 Å². The fourth-order valence-corrected chi connectivity index (χ4v) is 6.95. The number of fused-ring (bicyclic) bond motifs is 1. The molecular formula is C29H29N3O4S2. The number of thiophene rings is 1. The summed E-state index contributed by atoms with van der Waals surface area (Å²) >= 11 is 6.98.